The second-order valence-electron chi connectivity index (χ2n) is 7.53. The van der Waals surface area contributed by atoms with Crippen LogP contribution in [0.25, 0.3) is 0 Å². The SMILES string of the molecule is Cc1cn([C@H]2CCC(C(C(N)=O)(c3ccccc3)c3ccccc3)C2)cn1. The summed E-state index contributed by atoms with van der Waals surface area (Å²) in [6.07, 6.45) is 6.87. The van der Waals surface area contributed by atoms with E-state index < -0.39 is 5.41 Å². The fourth-order valence-electron chi connectivity index (χ4n) is 4.79. The molecule has 1 aliphatic carbocycles. The summed E-state index contributed by atoms with van der Waals surface area (Å²) in [5.41, 5.74) is 8.32. The Kier molecular flexibility index (Phi) is 4.56. The molecule has 4 nitrogen and oxygen atoms in total. The molecule has 2 N–H and O–H groups in total. The van der Waals surface area contributed by atoms with Crippen molar-refractivity contribution >= 4 is 5.91 Å². The Morgan fingerprint density at radius 1 is 1.04 bits per heavy atom. The monoisotopic (exact) mass is 359 g/mol. The molecule has 0 aliphatic heterocycles. The molecular formula is C23H25N3O. The number of hydrogen-bond donors (Lipinski definition) is 1. The van der Waals surface area contributed by atoms with Crippen LogP contribution in [0.5, 0.6) is 0 Å². The summed E-state index contributed by atoms with van der Waals surface area (Å²) in [6, 6.07) is 20.4. The molecule has 3 aromatic rings. The van der Waals surface area contributed by atoms with Crippen LogP contribution >= 0.6 is 0 Å². The number of hydrogen-bond acceptors (Lipinski definition) is 2. The normalized spacial score (nSPS) is 19.9. The summed E-state index contributed by atoms with van der Waals surface area (Å²) in [6.45, 7) is 2.00. The summed E-state index contributed by atoms with van der Waals surface area (Å²) < 4.78 is 2.19. The predicted molar refractivity (Wildman–Crippen MR) is 106 cm³/mol. The highest BCUT2D eigenvalue weighted by Gasteiger charge is 2.49. The van der Waals surface area contributed by atoms with E-state index in [1.54, 1.807) is 0 Å². The Morgan fingerprint density at radius 3 is 2.11 bits per heavy atom. The molecule has 1 aromatic heterocycles. The van der Waals surface area contributed by atoms with Gasteiger partial charge in [0.2, 0.25) is 5.91 Å². The number of primary amides is 1. The summed E-state index contributed by atoms with van der Waals surface area (Å²) in [7, 11) is 0. The second-order valence-corrected chi connectivity index (χ2v) is 7.53. The molecule has 2 aromatic carbocycles. The van der Waals surface area contributed by atoms with Gasteiger partial charge in [-0.25, -0.2) is 4.98 Å². The molecule has 1 saturated carbocycles. The van der Waals surface area contributed by atoms with E-state index in [1.807, 2.05) is 73.9 Å². The van der Waals surface area contributed by atoms with Crippen LogP contribution in [0.15, 0.2) is 73.2 Å². The molecule has 1 aliphatic rings. The van der Waals surface area contributed by atoms with Gasteiger partial charge in [-0.1, -0.05) is 60.7 Å². The smallest absolute Gasteiger partial charge is 0.232 e. The highest BCUT2D eigenvalue weighted by molar-refractivity contribution is 5.91. The molecule has 1 amide bonds. The lowest BCUT2D eigenvalue weighted by Gasteiger charge is -2.37. The van der Waals surface area contributed by atoms with Gasteiger partial charge in [-0.3, -0.25) is 4.79 Å². The van der Waals surface area contributed by atoms with E-state index in [4.69, 9.17) is 5.73 Å². The summed E-state index contributed by atoms with van der Waals surface area (Å²) in [5, 5.41) is 0. The molecule has 27 heavy (non-hydrogen) atoms. The van der Waals surface area contributed by atoms with Gasteiger partial charge in [0.15, 0.2) is 0 Å². The van der Waals surface area contributed by atoms with Crippen molar-refractivity contribution in [3.05, 3.63) is 90.0 Å². The third-order valence-electron chi connectivity index (χ3n) is 6.02. The fourth-order valence-corrected chi connectivity index (χ4v) is 4.79. The molecule has 2 atom stereocenters. The first-order valence-corrected chi connectivity index (χ1v) is 9.53. The van der Waals surface area contributed by atoms with Gasteiger partial charge in [-0.2, -0.15) is 0 Å². The summed E-state index contributed by atoms with van der Waals surface area (Å²) in [5.74, 6) is -0.125. The molecular weight excluding hydrogens is 334 g/mol. The van der Waals surface area contributed by atoms with Crippen LogP contribution in [-0.4, -0.2) is 15.5 Å². The van der Waals surface area contributed by atoms with Crippen LogP contribution in [0.2, 0.25) is 0 Å². The maximum absolute atomic E-state index is 13.1. The molecule has 4 rings (SSSR count). The minimum Gasteiger partial charge on any atom is -0.369 e. The molecule has 0 spiro atoms. The number of aromatic nitrogens is 2. The number of carbonyl (C=O) groups is 1. The standard InChI is InChI=1S/C23H25N3O/c1-17-15-26(16-25-17)21-13-12-20(14-21)23(22(24)27,18-8-4-2-5-9-18)19-10-6-3-7-11-19/h2-11,15-16,20-21H,12-14H2,1H3,(H2,24,27)/t20?,21-/m0/s1. The zero-order valence-corrected chi connectivity index (χ0v) is 15.6. The van der Waals surface area contributed by atoms with Crippen molar-refractivity contribution in [1.82, 2.24) is 9.55 Å². The molecule has 1 unspecified atom stereocenters. The number of nitrogens with two attached hydrogens (primary N) is 1. The van der Waals surface area contributed by atoms with Gasteiger partial charge in [-0.15, -0.1) is 0 Å². The third-order valence-corrected chi connectivity index (χ3v) is 6.02. The maximum atomic E-state index is 13.1. The number of carbonyl (C=O) groups excluding carboxylic acids is 1. The summed E-state index contributed by atoms with van der Waals surface area (Å²) in [4.78, 5) is 17.4. The van der Waals surface area contributed by atoms with E-state index in [0.29, 0.717) is 6.04 Å². The number of rotatable bonds is 5. The van der Waals surface area contributed by atoms with Gasteiger partial charge in [0.25, 0.3) is 0 Å². The number of imidazole rings is 1. The lowest BCUT2D eigenvalue weighted by atomic mass is 9.64. The van der Waals surface area contributed by atoms with Crippen LogP contribution in [-0.2, 0) is 10.2 Å². The highest BCUT2D eigenvalue weighted by Crippen LogP contribution is 2.49. The lowest BCUT2D eigenvalue weighted by Crippen LogP contribution is -2.47. The first kappa shape index (κ1) is 17.5. The van der Waals surface area contributed by atoms with Crippen LogP contribution in [0.1, 0.15) is 42.1 Å². The Hall–Kier alpha value is -2.88. The molecule has 1 fully saturated rings. The van der Waals surface area contributed by atoms with Gasteiger partial charge in [-0.05, 0) is 43.2 Å². The van der Waals surface area contributed by atoms with Gasteiger partial charge >= 0.3 is 0 Å². The average molecular weight is 359 g/mol. The van der Waals surface area contributed by atoms with Gasteiger partial charge in [0.05, 0.1) is 12.0 Å². The number of nitrogens with zero attached hydrogens (tertiary/aromatic N) is 2. The minimum absolute atomic E-state index is 0.146. The van der Waals surface area contributed by atoms with Crippen LogP contribution in [0.3, 0.4) is 0 Å². The first-order chi connectivity index (χ1) is 13.1. The maximum Gasteiger partial charge on any atom is 0.232 e. The quantitative estimate of drug-likeness (QED) is 0.748. The zero-order chi connectivity index (χ0) is 18.9. The van der Waals surface area contributed by atoms with Crippen molar-refractivity contribution in [2.75, 3.05) is 0 Å². The van der Waals surface area contributed by atoms with Gasteiger partial charge in [0, 0.05) is 12.2 Å². The Balaban J connectivity index is 1.80. The molecule has 138 valence electrons. The van der Waals surface area contributed by atoms with Crippen LogP contribution in [0.4, 0.5) is 0 Å². The first-order valence-electron chi connectivity index (χ1n) is 9.53. The van der Waals surface area contributed by atoms with E-state index in [0.717, 1.165) is 36.1 Å². The lowest BCUT2D eigenvalue weighted by molar-refractivity contribution is -0.123. The Bertz CT molecular complexity index is 878. The Labute approximate surface area is 160 Å². The van der Waals surface area contributed by atoms with E-state index in [-0.39, 0.29) is 11.8 Å². The van der Waals surface area contributed by atoms with Crippen molar-refractivity contribution in [1.29, 1.82) is 0 Å². The molecule has 0 saturated heterocycles. The topological polar surface area (TPSA) is 60.9 Å². The predicted octanol–water partition coefficient (Wildman–Crippen LogP) is 4.00. The van der Waals surface area contributed by atoms with Crippen LogP contribution in [0, 0.1) is 12.8 Å². The largest absolute Gasteiger partial charge is 0.369 e. The van der Waals surface area contributed by atoms with Crippen LogP contribution < -0.4 is 5.73 Å². The van der Waals surface area contributed by atoms with Crippen molar-refractivity contribution in [3.63, 3.8) is 0 Å². The van der Waals surface area contributed by atoms with E-state index in [9.17, 15) is 4.79 Å². The number of amides is 1. The zero-order valence-electron chi connectivity index (χ0n) is 15.6. The fraction of sp³-hybridized carbons (Fsp3) is 0.304. The van der Waals surface area contributed by atoms with Crippen molar-refractivity contribution in [2.24, 2.45) is 11.7 Å². The van der Waals surface area contributed by atoms with Crippen molar-refractivity contribution in [2.45, 2.75) is 37.6 Å². The molecule has 4 heteroatoms. The van der Waals surface area contributed by atoms with Crippen molar-refractivity contribution in [3.8, 4) is 0 Å². The van der Waals surface area contributed by atoms with E-state index in [1.165, 1.54) is 0 Å². The van der Waals surface area contributed by atoms with Gasteiger partial charge < -0.3 is 10.3 Å². The van der Waals surface area contributed by atoms with Gasteiger partial charge in [0.1, 0.15) is 5.41 Å². The Morgan fingerprint density at radius 2 is 1.63 bits per heavy atom. The second kappa shape index (κ2) is 7.03. The highest BCUT2D eigenvalue weighted by atomic mass is 16.1. The van der Waals surface area contributed by atoms with Crippen molar-refractivity contribution < 1.29 is 4.79 Å². The van der Waals surface area contributed by atoms with E-state index in [2.05, 4.69) is 15.7 Å². The minimum atomic E-state index is -0.813. The molecule has 0 radical (unpaired) electrons. The molecule has 1 heterocycles. The number of benzene rings is 2. The summed E-state index contributed by atoms with van der Waals surface area (Å²) >= 11 is 0. The molecule has 0 bridgehead atoms. The average Bonchev–Trinajstić information content (AvgIpc) is 3.33. The number of aryl methyl sites for hydroxylation is 1. The third kappa shape index (κ3) is 2.95. The van der Waals surface area contributed by atoms with E-state index >= 15 is 0 Å².